The van der Waals surface area contributed by atoms with Gasteiger partial charge in [-0.15, -0.1) is 17.9 Å². The second-order valence-corrected chi connectivity index (χ2v) is 9.21. The fourth-order valence-electron chi connectivity index (χ4n) is 3.87. The molecule has 161 valence electrons. The molecule has 1 aromatic carbocycles. The minimum absolute atomic E-state index is 0. The largest absolute Gasteiger partial charge is 0.369 e. The van der Waals surface area contributed by atoms with Crippen molar-refractivity contribution in [3.8, 4) is 0 Å². The van der Waals surface area contributed by atoms with Gasteiger partial charge in [0.25, 0.3) is 5.91 Å². The van der Waals surface area contributed by atoms with Crippen molar-refractivity contribution in [1.29, 1.82) is 0 Å². The first-order chi connectivity index (χ1) is 13.5. The summed E-state index contributed by atoms with van der Waals surface area (Å²) in [5.74, 6) is 0.0585. The average Bonchev–Trinajstić information content (AvgIpc) is 3.32. The van der Waals surface area contributed by atoms with E-state index in [1.54, 1.807) is 0 Å². The van der Waals surface area contributed by atoms with Crippen LogP contribution in [0, 0.1) is 51.1 Å². The molecule has 4 rings (SSSR count). The number of aryl methyl sites for hydroxylation is 1. The van der Waals surface area contributed by atoms with Crippen molar-refractivity contribution < 1.29 is 42.5 Å². The van der Waals surface area contributed by atoms with Crippen LogP contribution in [-0.4, -0.2) is 65.9 Å². The molecule has 0 bridgehead atoms. The number of amides is 1. The van der Waals surface area contributed by atoms with Gasteiger partial charge in [0, 0.05) is 82.0 Å². The number of carbonyl (C=O) groups is 1. The smallest absolute Gasteiger partial charge is 0.263 e. The quantitative estimate of drug-likeness (QED) is 0.388. The molecule has 3 heterocycles. The van der Waals surface area contributed by atoms with E-state index >= 15 is 0 Å². The molecule has 0 unspecified atom stereocenters. The van der Waals surface area contributed by atoms with Gasteiger partial charge in [-0.3, -0.25) is 16.1 Å². The number of halogens is 2. The molecule has 0 aliphatic carbocycles. The van der Waals surface area contributed by atoms with Gasteiger partial charge in [0.2, 0.25) is 0 Å². The molecule has 2 aromatic rings. The van der Waals surface area contributed by atoms with Crippen molar-refractivity contribution in [2.24, 2.45) is 0 Å². The minimum Gasteiger partial charge on any atom is -0.369 e. The molecule has 29 heavy (non-hydrogen) atoms. The topological polar surface area (TPSA) is 26.8 Å². The van der Waals surface area contributed by atoms with E-state index in [1.165, 1.54) is 16.9 Å². The number of benzene rings is 1. The van der Waals surface area contributed by atoms with Gasteiger partial charge in [-0.25, -0.2) is 0 Å². The molecule has 2 saturated heterocycles. The summed E-state index contributed by atoms with van der Waals surface area (Å²) in [6.45, 7) is 8.47. The van der Waals surface area contributed by atoms with Crippen LogP contribution in [0.2, 0.25) is 10.0 Å². The van der Waals surface area contributed by atoms with E-state index < -0.39 is 0 Å². The van der Waals surface area contributed by atoms with Gasteiger partial charge in [0.15, 0.2) is 0 Å². The Hall–Kier alpha value is 0.150. The molecule has 8 heteroatoms. The van der Waals surface area contributed by atoms with E-state index in [-0.39, 0.29) is 43.6 Å². The van der Waals surface area contributed by atoms with Crippen molar-refractivity contribution in [3.05, 3.63) is 62.1 Å². The number of nitrogens with zero attached hydrogens (tertiary/aromatic N) is 3. The summed E-state index contributed by atoms with van der Waals surface area (Å²) in [7, 11) is 0. The van der Waals surface area contributed by atoms with Crippen LogP contribution in [-0.2, 0) is 6.54 Å². The van der Waals surface area contributed by atoms with E-state index in [4.69, 9.17) is 23.2 Å². The number of rotatable bonds is 4. The monoisotopic (exact) mass is 601 g/mol. The Bertz CT molecular complexity index is 837. The molecular weight excluding hydrogens is 578 g/mol. The van der Waals surface area contributed by atoms with Crippen molar-refractivity contribution in [2.75, 3.05) is 39.3 Å². The van der Waals surface area contributed by atoms with Crippen LogP contribution in [0.1, 0.15) is 20.8 Å². The molecule has 1 aromatic heterocycles. The second-order valence-electron chi connectivity index (χ2n) is 7.51. The Kier molecular flexibility index (Phi) is 8.74. The van der Waals surface area contributed by atoms with Crippen LogP contribution < -0.4 is 0 Å². The predicted octanol–water partition coefficient (Wildman–Crippen LogP) is 4.21. The van der Waals surface area contributed by atoms with Gasteiger partial charge in [-0.1, -0.05) is 41.4 Å². The third-order valence-corrected chi connectivity index (χ3v) is 7.52. The maximum Gasteiger partial charge on any atom is 0.263 e. The van der Waals surface area contributed by atoms with E-state index in [0.29, 0.717) is 22.5 Å². The number of piperazine rings is 1. The Balaban J connectivity index is 0.00000240. The molecule has 1 atom stereocenters. The molecule has 0 spiro atoms. The third-order valence-electron chi connectivity index (χ3n) is 5.58. The fraction of sp³-hybridized carbons (Fsp3) is 0.429. The number of thiophene rings is 1. The maximum atomic E-state index is 12.8. The molecule has 2 aliphatic rings. The zero-order valence-corrected chi connectivity index (χ0v) is 20.5. The summed E-state index contributed by atoms with van der Waals surface area (Å²) < 4.78 is 0. The molecule has 2 aliphatic heterocycles. The van der Waals surface area contributed by atoms with Gasteiger partial charge in [-0.05, 0) is 35.6 Å². The minimum atomic E-state index is 0. The first-order valence-corrected chi connectivity index (χ1v) is 11.2. The standard InChI is InChI=1S/C21H24Cl2N3OS.Ho/c1-15-14-28-20(19(15)23)21(27)26-7-6-18(13-26)25-10-8-24(9-11-25)12-16-2-4-17(22)5-3-16;/h2-6,14,18H,7-13H2,1H3;/q-1;/t18-;/m1./s1. The SMILES string of the molecule is Cc1csc(C(=O)N2C[CH-][C@@H](N3CCN(Cc4ccc(Cl)cc4)CC3)C2)c1Cl.[Ho]. The molecule has 4 nitrogen and oxygen atoms in total. The molecule has 1 radical (unpaired) electrons. The second kappa shape index (κ2) is 10.6. The van der Waals surface area contributed by atoms with Gasteiger partial charge in [0.05, 0.1) is 5.02 Å². The molecule has 2 fully saturated rings. The van der Waals surface area contributed by atoms with Crippen LogP contribution >= 0.6 is 34.5 Å². The van der Waals surface area contributed by atoms with Crippen LogP contribution in [0.15, 0.2) is 29.6 Å². The molecular formula is C21H24Cl2HoN3OS-. The zero-order chi connectivity index (χ0) is 19.7. The van der Waals surface area contributed by atoms with E-state index in [0.717, 1.165) is 49.9 Å². The van der Waals surface area contributed by atoms with E-state index in [1.807, 2.05) is 29.3 Å². The molecule has 0 saturated carbocycles. The summed E-state index contributed by atoms with van der Waals surface area (Å²) in [5.41, 5.74) is 2.27. The Labute approximate surface area is 216 Å². The van der Waals surface area contributed by atoms with E-state index in [2.05, 4.69) is 28.4 Å². The van der Waals surface area contributed by atoms with Gasteiger partial charge in [0.1, 0.15) is 4.88 Å². The van der Waals surface area contributed by atoms with Crippen molar-refractivity contribution in [2.45, 2.75) is 19.5 Å². The summed E-state index contributed by atoms with van der Waals surface area (Å²) in [6, 6.07) is 8.43. The summed E-state index contributed by atoms with van der Waals surface area (Å²) in [6.07, 6.45) is 2.27. The number of hydrogen-bond donors (Lipinski definition) is 0. The van der Waals surface area contributed by atoms with Crippen molar-refractivity contribution >= 4 is 40.4 Å². The maximum absolute atomic E-state index is 12.8. The van der Waals surface area contributed by atoms with Crippen LogP contribution in [0.3, 0.4) is 0 Å². The van der Waals surface area contributed by atoms with Gasteiger partial charge >= 0.3 is 0 Å². The van der Waals surface area contributed by atoms with Crippen molar-refractivity contribution in [3.63, 3.8) is 0 Å². The number of hydrogen-bond acceptors (Lipinski definition) is 4. The summed E-state index contributed by atoms with van der Waals surface area (Å²) >= 11 is 13.7. The predicted molar refractivity (Wildman–Crippen MR) is 116 cm³/mol. The Morgan fingerprint density at radius 2 is 1.86 bits per heavy atom. The summed E-state index contributed by atoms with van der Waals surface area (Å²) in [4.78, 5) is 20.3. The molecule has 0 N–H and O–H groups in total. The first kappa shape index (κ1) is 23.8. The van der Waals surface area contributed by atoms with Crippen LogP contribution in [0.4, 0.5) is 0 Å². The fourth-order valence-corrected chi connectivity index (χ4v) is 5.24. The number of likely N-dealkylation sites (tertiary alicyclic amines) is 1. The summed E-state index contributed by atoms with van der Waals surface area (Å²) in [5, 5.41) is 3.34. The number of carbonyl (C=O) groups excluding carboxylic acids is 1. The Morgan fingerprint density at radius 1 is 1.17 bits per heavy atom. The Morgan fingerprint density at radius 3 is 2.48 bits per heavy atom. The normalized spacial score (nSPS) is 20.7. The average molecular weight is 602 g/mol. The van der Waals surface area contributed by atoms with E-state index in [9.17, 15) is 4.79 Å². The molecule has 1 amide bonds. The van der Waals surface area contributed by atoms with Crippen molar-refractivity contribution in [1.82, 2.24) is 14.7 Å². The third kappa shape index (κ3) is 5.69. The van der Waals surface area contributed by atoms with Gasteiger partial charge < -0.3 is 9.80 Å². The zero-order valence-electron chi connectivity index (χ0n) is 16.2. The van der Waals surface area contributed by atoms with Crippen LogP contribution in [0.5, 0.6) is 0 Å². The van der Waals surface area contributed by atoms with Crippen LogP contribution in [0.25, 0.3) is 0 Å². The van der Waals surface area contributed by atoms with Gasteiger partial charge in [-0.2, -0.15) is 0 Å². The first-order valence-electron chi connectivity index (χ1n) is 9.58.